The predicted octanol–water partition coefficient (Wildman–Crippen LogP) is 1.75. The smallest absolute Gasteiger partial charge is 0.277 e. The van der Waals surface area contributed by atoms with Crippen LogP contribution in [0, 0.1) is 0 Å². The first-order valence-electron chi connectivity index (χ1n) is 6.02. The van der Waals surface area contributed by atoms with Gasteiger partial charge in [0.1, 0.15) is 22.0 Å². The summed E-state index contributed by atoms with van der Waals surface area (Å²) in [5.74, 6) is -0.575. The zero-order valence-electron chi connectivity index (χ0n) is 11.0. The minimum absolute atomic E-state index is 0.191. The molecule has 0 spiro atoms. The number of phenols is 1. The van der Waals surface area contributed by atoms with Crippen LogP contribution in [-0.4, -0.2) is 26.5 Å². The van der Waals surface area contributed by atoms with E-state index in [0.29, 0.717) is 10.1 Å². The van der Waals surface area contributed by atoms with Gasteiger partial charge in [-0.15, -0.1) is 0 Å². The molecule has 3 rings (SSSR count). The van der Waals surface area contributed by atoms with Crippen molar-refractivity contribution < 1.29 is 23.1 Å². The summed E-state index contributed by atoms with van der Waals surface area (Å²) in [5, 5.41) is 9.75. The molecule has 21 heavy (non-hydrogen) atoms. The SMILES string of the molecule is COc1ccc(N2C(=O)c3c(O)cccc3S2(=O)=O)cc1. The third-order valence-electron chi connectivity index (χ3n) is 3.23. The summed E-state index contributed by atoms with van der Waals surface area (Å²) >= 11 is 0. The summed E-state index contributed by atoms with van der Waals surface area (Å²) < 4.78 is 30.6. The number of ether oxygens (including phenoxy) is 1. The number of benzene rings is 2. The number of amides is 1. The van der Waals surface area contributed by atoms with Crippen LogP contribution in [0.4, 0.5) is 5.69 Å². The van der Waals surface area contributed by atoms with Crippen molar-refractivity contribution in [3.8, 4) is 11.5 Å². The van der Waals surface area contributed by atoms with Gasteiger partial charge >= 0.3 is 0 Å². The molecule has 0 aliphatic carbocycles. The first-order chi connectivity index (χ1) is 9.96. The molecule has 0 atom stereocenters. The summed E-state index contributed by atoms with van der Waals surface area (Å²) in [4.78, 5) is 12.2. The van der Waals surface area contributed by atoms with Crippen molar-refractivity contribution in [1.29, 1.82) is 0 Å². The molecule has 1 N–H and O–H groups in total. The molecule has 1 aliphatic rings. The standard InChI is InChI=1S/C14H11NO5S/c1-20-10-7-5-9(6-8-10)15-14(17)13-11(16)3-2-4-12(13)21(15,18)19/h2-8,16H,1H3. The Labute approximate surface area is 121 Å². The first kappa shape index (κ1) is 13.4. The van der Waals surface area contributed by atoms with Crippen LogP contribution in [0.15, 0.2) is 47.4 Å². The molecule has 0 aromatic heterocycles. The lowest BCUT2D eigenvalue weighted by Gasteiger charge is -2.15. The number of methoxy groups -OCH3 is 1. The minimum Gasteiger partial charge on any atom is -0.507 e. The normalized spacial score (nSPS) is 15.9. The Hall–Kier alpha value is -2.54. The maximum Gasteiger partial charge on any atom is 0.277 e. The summed E-state index contributed by atoms with van der Waals surface area (Å²) in [6.45, 7) is 0. The molecule has 2 aromatic carbocycles. The molecule has 7 heteroatoms. The number of fused-ring (bicyclic) bond motifs is 1. The van der Waals surface area contributed by atoms with E-state index in [4.69, 9.17) is 4.74 Å². The molecule has 0 radical (unpaired) electrons. The van der Waals surface area contributed by atoms with Gasteiger partial charge in [-0.25, -0.2) is 8.42 Å². The second-order valence-corrected chi connectivity index (χ2v) is 6.18. The molecule has 0 saturated heterocycles. The summed E-state index contributed by atoms with van der Waals surface area (Å²) in [6.07, 6.45) is 0. The number of carbonyl (C=O) groups is 1. The number of carbonyl (C=O) groups excluding carboxylic acids is 1. The van der Waals surface area contributed by atoms with Crippen molar-refractivity contribution >= 4 is 21.6 Å². The van der Waals surface area contributed by atoms with E-state index in [9.17, 15) is 18.3 Å². The van der Waals surface area contributed by atoms with Gasteiger partial charge < -0.3 is 9.84 Å². The van der Waals surface area contributed by atoms with E-state index in [1.54, 1.807) is 12.1 Å². The maximum atomic E-state index is 12.5. The van der Waals surface area contributed by atoms with Gasteiger partial charge in [-0.05, 0) is 36.4 Å². The Balaban J connectivity index is 2.17. The van der Waals surface area contributed by atoms with Gasteiger partial charge in [0.25, 0.3) is 15.9 Å². The van der Waals surface area contributed by atoms with Gasteiger partial charge in [0, 0.05) is 0 Å². The monoisotopic (exact) mass is 305 g/mol. The van der Waals surface area contributed by atoms with E-state index in [1.165, 1.54) is 37.4 Å². The van der Waals surface area contributed by atoms with E-state index in [2.05, 4.69) is 0 Å². The molecule has 0 bridgehead atoms. The molecule has 1 aliphatic heterocycles. The van der Waals surface area contributed by atoms with Crippen molar-refractivity contribution in [1.82, 2.24) is 0 Å². The van der Waals surface area contributed by atoms with E-state index in [-0.39, 0.29) is 21.9 Å². The highest BCUT2D eigenvalue weighted by Crippen LogP contribution is 2.38. The van der Waals surface area contributed by atoms with Gasteiger partial charge in [-0.1, -0.05) is 6.07 Å². The molecule has 6 nitrogen and oxygen atoms in total. The van der Waals surface area contributed by atoms with Gasteiger partial charge in [0.15, 0.2) is 0 Å². The molecule has 1 heterocycles. The number of phenolic OH excluding ortho intramolecular Hbond substituents is 1. The van der Waals surface area contributed by atoms with Crippen LogP contribution in [0.25, 0.3) is 0 Å². The zero-order chi connectivity index (χ0) is 15.2. The van der Waals surface area contributed by atoms with Crippen LogP contribution in [0.2, 0.25) is 0 Å². The van der Waals surface area contributed by atoms with Crippen molar-refractivity contribution in [3.05, 3.63) is 48.0 Å². The van der Waals surface area contributed by atoms with Crippen LogP contribution < -0.4 is 9.04 Å². The maximum absolute atomic E-state index is 12.5. The lowest BCUT2D eigenvalue weighted by atomic mass is 10.2. The summed E-state index contributed by atoms with van der Waals surface area (Å²) in [5.41, 5.74) is -0.00952. The molecule has 1 amide bonds. The fraction of sp³-hybridized carbons (Fsp3) is 0.0714. The second kappa shape index (κ2) is 4.49. The summed E-state index contributed by atoms with van der Waals surface area (Å²) in [7, 11) is -2.52. The Morgan fingerprint density at radius 1 is 1.10 bits per heavy atom. The van der Waals surface area contributed by atoms with Gasteiger partial charge in [0.05, 0.1) is 12.8 Å². The van der Waals surface area contributed by atoms with E-state index in [0.717, 1.165) is 0 Å². The average molecular weight is 305 g/mol. The summed E-state index contributed by atoms with van der Waals surface area (Å²) in [6, 6.07) is 10.0. The van der Waals surface area contributed by atoms with Crippen LogP contribution in [-0.2, 0) is 10.0 Å². The molecular weight excluding hydrogens is 294 g/mol. The third kappa shape index (κ3) is 1.85. The van der Waals surface area contributed by atoms with Gasteiger partial charge in [0.2, 0.25) is 0 Å². The van der Waals surface area contributed by atoms with E-state index >= 15 is 0 Å². The van der Waals surface area contributed by atoms with Crippen molar-refractivity contribution in [2.75, 3.05) is 11.4 Å². The molecule has 0 fully saturated rings. The lowest BCUT2D eigenvalue weighted by molar-refractivity contribution is 0.101. The molecule has 108 valence electrons. The topological polar surface area (TPSA) is 83.9 Å². The predicted molar refractivity (Wildman–Crippen MR) is 75.1 cm³/mol. The average Bonchev–Trinajstić information content (AvgIpc) is 2.67. The highest BCUT2D eigenvalue weighted by molar-refractivity contribution is 7.94. The number of rotatable bonds is 2. The van der Waals surface area contributed by atoms with Crippen LogP contribution in [0.5, 0.6) is 11.5 Å². The second-order valence-electron chi connectivity index (χ2n) is 4.42. The fourth-order valence-electron chi connectivity index (χ4n) is 2.23. The fourth-order valence-corrected chi connectivity index (χ4v) is 3.84. The number of hydrogen-bond donors (Lipinski definition) is 1. The highest BCUT2D eigenvalue weighted by Gasteiger charge is 2.43. The third-order valence-corrected chi connectivity index (χ3v) is 4.98. The molecular formula is C14H11NO5S. The molecule has 0 unspecified atom stereocenters. The van der Waals surface area contributed by atoms with Crippen molar-refractivity contribution in [2.24, 2.45) is 0 Å². The molecule has 0 saturated carbocycles. The quantitative estimate of drug-likeness (QED) is 0.914. The Kier molecular flexibility index (Phi) is 2.87. The van der Waals surface area contributed by atoms with Crippen molar-refractivity contribution in [3.63, 3.8) is 0 Å². The largest absolute Gasteiger partial charge is 0.507 e. The van der Waals surface area contributed by atoms with Crippen LogP contribution in [0.3, 0.4) is 0 Å². The number of anilines is 1. The number of aromatic hydroxyl groups is 1. The Morgan fingerprint density at radius 2 is 1.76 bits per heavy atom. The first-order valence-corrected chi connectivity index (χ1v) is 7.46. The Morgan fingerprint density at radius 3 is 2.33 bits per heavy atom. The van der Waals surface area contributed by atoms with Crippen LogP contribution in [0.1, 0.15) is 10.4 Å². The number of sulfonamides is 1. The highest BCUT2D eigenvalue weighted by atomic mass is 32.2. The lowest BCUT2D eigenvalue weighted by Crippen LogP contribution is -2.29. The van der Waals surface area contributed by atoms with Gasteiger partial charge in [-0.2, -0.15) is 4.31 Å². The van der Waals surface area contributed by atoms with Gasteiger partial charge in [-0.3, -0.25) is 4.79 Å². The Bertz CT molecular complexity index is 827. The molecule has 2 aromatic rings. The van der Waals surface area contributed by atoms with E-state index in [1.807, 2.05) is 0 Å². The number of hydrogen-bond acceptors (Lipinski definition) is 5. The van der Waals surface area contributed by atoms with E-state index < -0.39 is 15.9 Å². The zero-order valence-corrected chi connectivity index (χ0v) is 11.8. The van der Waals surface area contributed by atoms with Crippen molar-refractivity contribution in [2.45, 2.75) is 4.90 Å². The van der Waals surface area contributed by atoms with Crippen LogP contribution >= 0.6 is 0 Å². The minimum atomic E-state index is -4.01. The number of nitrogens with zero attached hydrogens (tertiary/aromatic N) is 1.